The molecule has 33 heavy (non-hydrogen) atoms. The molecule has 1 aromatic carbocycles. The summed E-state index contributed by atoms with van der Waals surface area (Å²) in [6.07, 6.45) is 7.61. The van der Waals surface area contributed by atoms with Crippen molar-refractivity contribution in [3.05, 3.63) is 34.5 Å². The Bertz CT molecular complexity index is 1260. The van der Waals surface area contributed by atoms with Gasteiger partial charge in [0, 0.05) is 25.1 Å². The number of hydrogen-bond acceptors (Lipinski definition) is 5. The van der Waals surface area contributed by atoms with Gasteiger partial charge in [-0.1, -0.05) is 0 Å². The van der Waals surface area contributed by atoms with Gasteiger partial charge in [-0.25, -0.2) is 18.8 Å². The van der Waals surface area contributed by atoms with Gasteiger partial charge in [0.05, 0.1) is 19.3 Å². The van der Waals surface area contributed by atoms with E-state index in [0.29, 0.717) is 19.7 Å². The molecule has 4 N–H and O–H groups in total. The van der Waals surface area contributed by atoms with Crippen LogP contribution >= 0.6 is 0 Å². The molecule has 2 atom stereocenters. The molecule has 0 fully saturated rings. The molecule has 0 bridgehead atoms. The average Bonchev–Trinajstić information content (AvgIpc) is 3.49. The number of benzene rings is 1. The molecule has 2 unspecified atom stereocenters. The van der Waals surface area contributed by atoms with Crippen molar-refractivity contribution in [2.24, 2.45) is 15.4 Å². The number of nitrogens with two attached hydrogens (primary N) is 1. The van der Waals surface area contributed by atoms with E-state index in [4.69, 9.17) is 9.88 Å². The molecule has 0 spiro atoms. The number of nitrogens with zero attached hydrogens (tertiary/aromatic N) is 3. The van der Waals surface area contributed by atoms with Gasteiger partial charge >= 0.3 is 6.03 Å². The molecule has 0 saturated carbocycles. The molecule has 2 aromatic rings. The average molecular weight is 473 g/mol. The molecule has 10 nitrogen and oxygen atoms in total. The molecule has 5 rings (SSSR count). The topological polar surface area (TPSA) is 141 Å². The van der Waals surface area contributed by atoms with Crippen LogP contribution in [-0.4, -0.2) is 39.1 Å². The second-order valence-corrected chi connectivity index (χ2v) is 10.7. The third kappa shape index (κ3) is 4.22. The van der Waals surface area contributed by atoms with E-state index in [-0.39, 0.29) is 22.6 Å². The fraction of sp³-hybridized carbons (Fsp3) is 0.500. The monoisotopic (exact) mass is 472 g/mol. The summed E-state index contributed by atoms with van der Waals surface area (Å²) in [4.78, 5) is 24.0. The number of amides is 3. The third-order valence-corrected chi connectivity index (χ3v) is 7.89. The van der Waals surface area contributed by atoms with Crippen LogP contribution in [0, 0.1) is 5.92 Å². The van der Waals surface area contributed by atoms with Crippen LogP contribution in [0.3, 0.4) is 0 Å². The number of carbonyl (C=O) groups excluding carboxylic acids is 2. The number of aryl methyl sites for hydroxylation is 1. The second kappa shape index (κ2) is 8.45. The predicted molar refractivity (Wildman–Crippen MR) is 122 cm³/mol. The maximum atomic E-state index is 13.2. The number of ether oxygens (including phenoxy) is 1. The van der Waals surface area contributed by atoms with E-state index < -0.39 is 15.9 Å². The zero-order valence-electron chi connectivity index (χ0n) is 18.6. The zero-order chi connectivity index (χ0) is 23.2. The van der Waals surface area contributed by atoms with Crippen molar-refractivity contribution in [2.45, 2.75) is 56.9 Å². The molecule has 0 saturated heterocycles. The predicted octanol–water partition coefficient (Wildman–Crippen LogP) is 1.94. The van der Waals surface area contributed by atoms with Crippen LogP contribution < -0.4 is 20.5 Å². The van der Waals surface area contributed by atoms with E-state index in [1.165, 1.54) is 35.4 Å². The second-order valence-electron chi connectivity index (χ2n) is 8.93. The maximum absolute atomic E-state index is 13.2. The smallest absolute Gasteiger partial charge is 0.354 e. The normalized spacial score (nSPS) is 20.1. The fourth-order valence-corrected chi connectivity index (χ4v) is 6.07. The number of aromatic nitrogens is 2. The number of carbonyl (C=O) groups is 2. The number of hydrogen-bond donors (Lipinski definition) is 3. The quantitative estimate of drug-likeness (QED) is 0.624. The van der Waals surface area contributed by atoms with Gasteiger partial charge in [-0.15, -0.1) is 4.36 Å². The van der Waals surface area contributed by atoms with Crippen molar-refractivity contribution < 1.29 is 18.5 Å². The molecule has 2 aliphatic carbocycles. The summed E-state index contributed by atoms with van der Waals surface area (Å²) in [6.45, 7) is 2.68. The first kappa shape index (κ1) is 21.9. The van der Waals surface area contributed by atoms with Crippen molar-refractivity contribution in [3.8, 4) is 5.88 Å². The van der Waals surface area contributed by atoms with Crippen LogP contribution in [0.1, 0.15) is 42.0 Å². The maximum Gasteiger partial charge on any atom is 0.354 e. The lowest BCUT2D eigenvalue weighted by atomic mass is 9.98. The van der Waals surface area contributed by atoms with E-state index in [0.717, 1.165) is 44.2 Å². The number of urea groups is 1. The standard InChI is InChI=1S/C22H28N6O4S/c1-13(29)24-9-14-11-28-21(32-12-14)20(10-25-28)33(23,31)27-22(30)26-19-8-15-4-2-5-16(15)17-6-3-7-18(17)19/h8,10,14H,2-7,9,11-12H2,1H3,(H,24,29)(H3,23,26,27,30,31). The van der Waals surface area contributed by atoms with E-state index in [1.54, 1.807) is 4.68 Å². The highest BCUT2D eigenvalue weighted by Crippen LogP contribution is 2.38. The molecule has 2 heterocycles. The number of rotatable bonds is 4. The lowest BCUT2D eigenvalue weighted by molar-refractivity contribution is -0.119. The minimum atomic E-state index is -3.56. The van der Waals surface area contributed by atoms with E-state index in [2.05, 4.69) is 20.1 Å². The summed E-state index contributed by atoms with van der Waals surface area (Å²) in [5, 5.41) is 15.8. The Morgan fingerprint density at radius 3 is 2.82 bits per heavy atom. The van der Waals surface area contributed by atoms with Gasteiger partial charge in [0.15, 0.2) is 9.92 Å². The molecular formula is C22H28N6O4S. The molecule has 1 aliphatic heterocycles. The van der Waals surface area contributed by atoms with Crippen molar-refractivity contribution in [1.82, 2.24) is 15.1 Å². The first-order valence-electron chi connectivity index (χ1n) is 11.3. The van der Waals surface area contributed by atoms with E-state index >= 15 is 0 Å². The van der Waals surface area contributed by atoms with Gasteiger partial charge in [0.25, 0.3) is 0 Å². The summed E-state index contributed by atoms with van der Waals surface area (Å²) in [7, 11) is -3.56. The van der Waals surface area contributed by atoms with Gasteiger partial charge in [0.2, 0.25) is 11.8 Å². The Hall–Kier alpha value is -2.92. The first-order chi connectivity index (χ1) is 15.8. The van der Waals surface area contributed by atoms with Crippen LogP contribution in [0.5, 0.6) is 5.88 Å². The van der Waals surface area contributed by atoms with Gasteiger partial charge in [-0.3, -0.25) is 4.79 Å². The highest BCUT2D eigenvalue weighted by atomic mass is 32.2. The molecule has 0 radical (unpaired) electrons. The molecule has 1 aromatic heterocycles. The van der Waals surface area contributed by atoms with Crippen molar-refractivity contribution in [2.75, 3.05) is 18.5 Å². The van der Waals surface area contributed by atoms with Gasteiger partial charge in [0.1, 0.15) is 4.90 Å². The number of fused-ring (bicyclic) bond motifs is 4. The minimum Gasteiger partial charge on any atom is -0.476 e. The Morgan fingerprint density at radius 1 is 1.24 bits per heavy atom. The SMILES string of the molecule is CC(=O)NCC1COc2c(S(N)(=O)=NC(=O)Nc3cc4c(c5c3CCC5)CCC4)cnn2C1. The fourth-order valence-electron chi connectivity index (χ4n) is 5.07. The lowest BCUT2D eigenvalue weighted by Crippen LogP contribution is -2.36. The summed E-state index contributed by atoms with van der Waals surface area (Å²) >= 11 is 0. The van der Waals surface area contributed by atoms with E-state index in [9.17, 15) is 13.8 Å². The van der Waals surface area contributed by atoms with Crippen LogP contribution in [-0.2, 0) is 46.9 Å². The van der Waals surface area contributed by atoms with Gasteiger partial charge < -0.3 is 15.4 Å². The largest absolute Gasteiger partial charge is 0.476 e. The summed E-state index contributed by atoms with van der Waals surface area (Å²) < 4.78 is 24.3. The molecule has 3 aliphatic rings. The zero-order valence-corrected chi connectivity index (χ0v) is 19.4. The third-order valence-electron chi connectivity index (χ3n) is 6.55. The summed E-state index contributed by atoms with van der Waals surface area (Å²) in [5.74, 6) is 0.146. The lowest BCUT2D eigenvalue weighted by Gasteiger charge is -2.24. The number of anilines is 1. The van der Waals surface area contributed by atoms with Crippen molar-refractivity contribution in [3.63, 3.8) is 0 Å². The van der Waals surface area contributed by atoms with Gasteiger partial charge in [-0.2, -0.15) is 5.10 Å². The van der Waals surface area contributed by atoms with E-state index in [1.807, 2.05) is 6.07 Å². The molecular weight excluding hydrogens is 444 g/mol. The number of nitrogens with one attached hydrogen (secondary N) is 2. The molecule has 11 heteroatoms. The molecule has 176 valence electrons. The Labute approximate surface area is 192 Å². The van der Waals surface area contributed by atoms with Gasteiger partial charge in [-0.05, 0) is 66.8 Å². The Balaban J connectivity index is 1.36. The highest BCUT2D eigenvalue weighted by Gasteiger charge is 2.29. The van der Waals surface area contributed by atoms with Crippen LogP contribution in [0.2, 0.25) is 0 Å². The Morgan fingerprint density at radius 2 is 2.00 bits per heavy atom. The molecule has 3 amide bonds. The summed E-state index contributed by atoms with van der Waals surface area (Å²) in [6, 6.07) is 1.30. The summed E-state index contributed by atoms with van der Waals surface area (Å²) in [5.41, 5.74) is 6.01. The van der Waals surface area contributed by atoms with Crippen LogP contribution in [0.25, 0.3) is 0 Å². The van der Waals surface area contributed by atoms with Crippen molar-refractivity contribution >= 4 is 27.5 Å². The Kier molecular flexibility index (Phi) is 5.61. The first-order valence-corrected chi connectivity index (χ1v) is 12.8. The minimum absolute atomic E-state index is 0.0186. The van der Waals surface area contributed by atoms with Crippen molar-refractivity contribution in [1.29, 1.82) is 0 Å². The van der Waals surface area contributed by atoms with Crippen LogP contribution in [0.4, 0.5) is 10.5 Å². The van der Waals surface area contributed by atoms with Crippen LogP contribution in [0.15, 0.2) is 21.5 Å². The highest BCUT2D eigenvalue weighted by molar-refractivity contribution is 7.91.